The summed E-state index contributed by atoms with van der Waals surface area (Å²) in [6.45, 7) is 2.17. The summed E-state index contributed by atoms with van der Waals surface area (Å²) < 4.78 is 6.76. The zero-order chi connectivity index (χ0) is 25.9. The van der Waals surface area contributed by atoms with Crippen molar-refractivity contribution in [2.75, 3.05) is 12.3 Å². The number of nitrogen functional groups attached to an aromatic ring is 1. The minimum absolute atomic E-state index is 0.0709. The number of ether oxygens (including phenoxy) is 1. The number of aromatic nitrogens is 4. The van der Waals surface area contributed by atoms with E-state index in [1.165, 1.54) is 25.1 Å². The lowest BCUT2D eigenvalue weighted by atomic mass is 9.68. The average molecular weight is 485 g/mol. The highest BCUT2D eigenvalue weighted by Crippen LogP contribution is 2.56. The van der Waals surface area contributed by atoms with Crippen LogP contribution in [0.2, 0.25) is 0 Å². The van der Waals surface area contributed by atoms with Gasteiger partial charge in [0.1, 0.15) is 23.7 Å². The number of phenols is 1. The lowest BCUT2D eigenvalue weighted by Gasteiger charge is -2.43. The van der Waals surface area contributed by atoms with E-state index in [2.05, 4.69) is 15.0 Å². The second kappa shape index (κ2) is 7.88. The Bertz CT molecular complexity index is 1390. The molecule has 1 aromatic carbocycles. The van der Waals surface area contributed by atoms with E-state index < -0.39 is 47.0 Å². The first-order valence-corrected chi connectivity index (χ1v) is 10.4. The average Bonchev–Trinajstić information content (AvgIpc) is 3.31. The number of Topliss-reactive ketones (excluding diaryl/α,β-unsaturated/α-hetero) is 3. The number of benzene rings is 1. The molecule has 6 N–H and O–H groups in total. The van der Waals surface area contributed by atoms with E-state index in [0.29, 0.717) is 0 Å². The molecule has 0 aliphatic carbocycles. The van der Waals surface area contributed by atoms with Crippen LogP contribution in [-0.4, -0.2) is 75.6 Å². The molecule has 3 heterocycles. The largest absolute Gasteiger partial charge is 0.508 e. The van der Waals surface area contributed by atoms with Crippen molar-refractivity contribution in [3.8, 4) is 5.75 Å². The van der Waals surface area contributed by atoms with Gasteiger partial charge in [0.2, 0.25) is 11.3 Å². The number of rotatable bonds is 6. The van der Waals surface area contributed by atoms with Crippen LogP contribution >= 0.6 is 0 Å². The van der Waals surface area contributed by atoms with E-state index in [1.807, 2.05) is 0 Å². The Morgan fingerprint density at radius 2 is 1.83 bits per heavy atom. The zero-order valence-corrected chi connectivity index (χ0v) is 19.0. The SMILES string of the molecule is CC(=O)c1nc(N)c2ncn([C@]3(C(C)=O)O[C@H](CO)[C@](O)(c4cccc(O)c4)[C@]3(O)C(C)=O)c2n1. The second-order valence-corrected chi connectivity index (χ2v) is 8.35. The van der Waals surface area contributed by atoms with E-state index in [-0.39, 0.29) is 34.1 Å². The molecule has 1 fully saturated rings. The summed E-state index contributed by atoms with van der Waals surface area (Å²) in [5, 5.41) is 44.1. The van der Waals surface area contributed by atoms with Crippen LogP contribution in [0.1, 0.15) is 37.0 Å². The number of aliphatic hydroxyl groups is 3. The minimum atomic E-state index is -3.09. The fourth-order valence-electron chi connectivity index (χ4n) is 4.73. The number of phenolic OH excluding ortho intramolecular Hbond substituents is 1. The number of anilines is 1. The summed E-state index contributed by atoms with van der Waals surface area (Å²) in [6, 6.07) is 4.98. The third-order valence-electron chi connectivity index (χ3n) is 6.34. The Morgan fingerprint density at radius 3 is 2.37 bits per heavy atom. The first-order valence-electron chi connectivity index (χ1n) is 10.4. The fraction of sp³-hybridized carbons (Fsp3) is 0.364. The van der Waals surface area contributed by atoms with Crippen molar-refractivity contribution in [2.24, 2.45) is 0 Å². The number of carbonyl (C=O) groups excluding carboxylic acids is 3. The van der Waals surface area contributed by atoms with Crippen molar-refractivity contribution >= 4 is 34.3 Å². The predicted molar refractivity (Wildman–Crippen MR) is 118 cm³/mol. The lowest BCUT2D eigenvalue weighted by Crippen LogP contribution is -2.68. The minimum Gasteiger partial charge on any atom is -0.508 e. The van der Waals surface area contributed by atoms with Gasteiger partial charge >= 0.3 is 0 Å². The third-order valence-corrected chi connectivity index (χ3v) is 6.34. The number of aliphatic hydroxyl groups excluding tert-OH is 1. The number of imidazole rings is 1. The van der Waals surface area contributed by atoms with E-state index in [1.54, 1.807) is 0 Å². The van der Waals surface area contributed by atoms with Crippen LogP contribution in [0.3, 0.4) is 0 Å². The van der Waals surface area contributed by atoms with Gasteiger partial charge in [0.25, 0.3) is 0 Å². The van der Waals surface area contributed by atoms with E-state index >= 15 is 0 Å². The maximum Gasteiger partial charge on any atom is 0.247 e. The van der Waals surface area contributed by atoms with Crippen molar-refractivity contribution < 1.29 is 39.5 Å². The zero-order valence-electron chi connectivity index (χ0n) is 19.0. The van der Waals surface area contributed by atoms with Crippen molar-refractivity contribution in [1.82, 2.24) is 19.5 Å². The number of ketones is 3. The summed E-state index contributed by atoms with van der Waals surface area (Å²) in [5.74, 6) is -3.51. The molecular formula is C22H23N5O8. The molecule has 1 aliphatic heterocycles. The Kier molecular flexibility index (Phi) is 5.48. The molecule has 0 spiro atoms. The van der Waals surface area contributed by atoms with E-state index in [0.717, 1.165) is 30.8 Å². The number of aromatic hydroxyl groups is 1. The Labute approximate surface area is 197 Å². The summed E-state index contributed by atoms with van der Waals surface area (Å²) in [4.78, 5) is 50.5. The lowest BCUT2D eigenvalue weighted by molar-refractivity contribution is -0.208. The molecule has 13 nitrogen and oxygen atoms in total. The molecule has 3 aromatic rings. The summed E-state index contributed by atoms with van der Waals surface area (Å²) in [7, 11) is 0. The van der Waals surface area contributed by atoms with Crippen LogP contribution < -0.4 is 5.73 Å². The van der Waals surface area contributed by atoms with Crippen LogP contribution in [0.5, 0.6) is 5.75 Å². The Hall–Kier alpha value is -3.78. The van der Waals surface area contributed by atoms with Gasteiger partial charge in [-0.1, -0.05) is 12.1 Å². The summed E-state index contributed by atoms with van der Waals surface area (Å²) in [5.41, 5.74) is -3.16. The normalized spacial score (nSPS) is 28.3. The van der Waals surface area contributed by atoms with Crippen LogP contribution in [0.25, 0.3) is 11.2 Å². The van der Waals surface area contributed by atoms with Crippen LogP contribution in [0.15, 0.2) is 30.6 Å². The number of fused-ring (bicyclic) bond motifs is 1. The first-order chi connectivity index (χ1) is 16.4. The van der Waals surface area contributed by atoms with Gasteiger partial charge < -0.3 is 30.9 Å². The van der Waals surface area contributed by atoms with Gasteiger partial charge in [-0.15, -0.1) is 0 Å². The standard InChI is InChI=1S/C22H23N5O8/c1-10(29)18-25-17(23)16-19(26-18)27(9-24-16)22(12(3)31)21(34,11(2)30)20(33,15(8-28)35-22)13-5-4-6-14(32)7-13/h4-7,9,15,28,32-34H,8H2,1-3H3,(H2,23,25,26)/t15-,20-,21-,22-/m1/s1. The van der Waals surface area contributed by atoms with Crippen molar-refractivity contribution in [2.45, 2.75) is 43.8 Å². The number of nitrogens with two attached hydrogens (primary N) is 1. The molecule has 13 heteroatoms. The molecule has 0 unspecified atom stereocenters. The molecule has 35 heavy (non-hydrogen) atoms. The van der Waals surface area contributed by atoms with E-state index in [9.17, 15) is 34.8 Å². The monoisotopic (exact) mass is 485 g/mol. The van der Waals surface area contributed by atoms with Crippen molar-refractivity contribution in [3.63, 3.8) is 0 Å². The van der Waals surface area contributed by atoms with E-state index in [4.69, 9.17) is 10.5 Å². The maximum absolute atomic E-state index is 13.3. The highest BCUT2D eigenvalue weighted by molar-refractivity contribution is 6.00. The first kappa shape index (κ1) is 24.3. The maximum atomic E-state index is 13.3. The molecule has 1 aliphatic rings. The molecule has 184 valence electrons. The molecule has 0 amide bonds. The molecule has 2 aromatic heterocycles. The number of nitrogens with zero attached hydrogens (tertiary/aromatic N) is 4. The van der Waals surface area contributed by atoms with Crippen LogP contribution in [-0.2, 0) is 25.7 Å². The number of carbonyl (C=O) groups is 3. The number of hydrogen-bond acceptors (Lipinski definition) is 12. The van der Waals surface area contributed by atoms with Crippen LogP contribution in [0, 0.1) is 0 Å². The van der Waals surface area contributed by atoms with Gasteiger partial charge in [-0.3, -0.25) is 19.0 Å². The summed E-state index contributed by atoms with van der Waals surface area (Å²) in [6.07, 6.45) is -0.747. The molecule has 1 saturated heterocycles. The van der Waals surface area contributed by atoms with Gasteiger partial charge in [0.15, 0.2) is 40.2 Å². The molecule has 4 atom stereocenters. The smallest absolute Gasteiger partial charge is 0.247 e. The third kappa shape index (κ3) is 2.96. The highest BCUT2D eigenvalue weighted by Gasteiger charge is 2.79. The van der Waals surface area contributed by atoms with Gasteiger partial charge in [0, 0.05) is 6.92 Å². The summed E-state index contributed by atoms with van der Waals surface area (Å²) >= 11 is 0. The van der Waals surface area contributed by atoms with Crippen molar-refractivity contribution in [3.05, 3.63) is 42.0 Å². The van der Waals surface area contributed by atoms with Gasteiger partial charge in [0.05, 0.1) is 6.61 Å². The molecule has 0 saturated carbocycles. The predicted octanol–water partition coefficient (Wildman–Crippen LogP) is -0.842. The quantitative estimate of drug-likeness (QED) is 0.270. The van der Waals surface area contributed by atoms with Gasteiger partial charge in [-0.25, -0.2) is 15.0 Å². The molecule has 4 rings (SSSR count). The molecule has 0 radical (unpaired) electrons. The Balaban J connectivity index is 2.14. The Morgan fingerprint density at radius 1 is 1.14 bits per heavy atom. The van der Waals surface area contributed by atoms with Crippen LogP contribution in [0.4, 0.5) is 5.82 Å². The number of hydrogen-bond donors (Lipinski definition) is 5. The highest BCUT2D eigenvalue weighted by atomic mass is 16.6. The fourth-order valence-corrected chi connectivity index (χ4v) is 4.73. The van der Waals surface area contributed by atoms with Crippen molar-refractivity contribution in [1.29, 1.82) is 0 Å². The second-order valence-electron chi connectivity index (χ2n) is 8.35. The topological polar surface area (TPSA) is 211 Å². The molecular weight excluding hydrogens is 462 g/mol. The van der Waals surface area contributed by atoms with Gasteiger partial charge in [-0.2, -0.15) is 0 Å². The molecule has 0 bridgehead atoms. The van der Waals surface area contributed by atoms with Gasteiger partial charge in [-0.05, 0) is 31.5 Å².